The zero-order chi connectivity index (χ0) is 23.8. The van der Waals surface area contributed by atoms with Crippen molar-refractivity contribution in [2.24, 2.45) is 5.73 Å². The summed E-state index contributed by atoms with van der Waals surface area (Å²) >= 11 is 0. The lowest BCUT2D eigenvalue weighted by Gasteiger charge is -2.27. The highest BCUT2D eigenvalue weighted by atomic mass is 19.4. The first-order valence-corrected chi connectivity index (χ1v) is 9.52. The number of ether oxygens (including phenoxy) is 2. The molecule has 32 heavy (non-hydrogen) atoms. The van der Waals surface area contributed by atoms with Crippen molar-refractivity contribution in [3.63, 3.8) is 0 Å². The Morgan fingerprint density at radius 1 is 1.31 bits per heavy atom. The molecule has 0 unspecified atom stereocenters. The molecule has 1 aliphatic rings. The summed E-state index contributed by atoms with van der Waals surface area (Å²) in [5.74, 6) is -3.36. The molecule has 1 aromatic carbocycles. The van der Waals surface area contributed by atoms with Gasteiger partial charge in [0.25, 0.3) is 11.8 Å². The van der Waals surface area contributed by atoms with E-state index in [4.69, 9.17) is 15.2 Å². The van der Waals surface area contributed by atoms with Crippen LogP contribution in [0.15, 0.2) is 30.5 Å². The maximum absolute atomic E-state index is 14.0. The number of aromatic nitrogens is 1. The minimum atomic E-state index is -4.77. The van der Waals surface area contributed by atoms with Crippen molar-refractivity contribution in [3.8, 4) is 5.75 Å². The summed E-state index contributed by atoms with van der Waals surface area (Å²) in [6.07, 6.45) is -5.71. The minimum Gasteiger partial charge on any atom is -0.496 e. The Morgan fingerprint density at radius 2 is 2.00 bits per heavy atom. The lowest BCUT2D eigenvalue weighted by molar-refractivity contribution is -0.261. The van der Waals surface area contributed by atoms with Crippen molar-refractivity contribution < 1.29 is 36.6 Å². The highest BCUT2D eigenvalue weighted by molar-refractivity contribution is 5.97. The van der Waals surface area contributed by atoms with Crippen molar-refractivity contribution in [1.82, 2.24) is 4.98 Å². The fourth-order valence-electron chi connectivity index (χ4n) is 3.74. The van der Waals surface area contributed by atoms with Crippen LogP contribution < -0.4 is 15.8 Å². The maximum atomic E-state index is 14.0. The number of nitrogens with one attached hydrogen (secondary N) is 1. The minimum absolute atomic E-state index is 0.0442. The van der Waals surface area contributed by atoms with Crippen molar-refractivity contribution in [2.45, 2.75) is 44.1 Å². The van der Waals surface area contributed by atoms with Gasteiger partial charge in [-0.3, -0.25) is 14.6 Å². The summed E-state index contributed by atoms with van der Waals surface area (Å²) in [6.45, 7) is 2.28. The number of alkyl halides is 3. The molecule has 2 amide bonds. The molecule has 3 N–H and O–H groups in total. The first kappa shape index (κ1) is 23.5. The number of nitrogens with zero attached hydrogens (tertiary/aromatic N) is 1. The van der Waals surface area contributed by atoms with Crippen molar-refractivity contribution >= 4 is 17.5 Å². The summed E-state index contributed by atoms with van der Waals surface area (Å²) in [7, 11) is 1.27. The summed E-state index contributed by atoms with van der Waals surface area (Å²) in [6, 6.07) is 4.93. The Hall–Kier alpha value is -3.21. The number of halogens is 4. The van der Waals surface area contributed by atoms with Crippen LogP contribution in [0.3, 0.4) is 0 Å². The average Bonchev–Trinajstić information content (AvgIpc) is 3.09. The molecule has 3 rings (SSSR count). The normalized spacial score (nSPS) is 23.1. The molecule has 2 aromatic rings. The van der Waals surface area contributed by atoms with Crippen LogP contribution in [0.1, 0.15) is 40.9 Å². The molecule has 172 valence electrons. The third-order valence-corrected chi connectivity index (χ3v) is 5.47. The number of anilines is 1. The Morgan fingerprint density at radius 3 is 2.59 bits per heavy atom. The Bertz CT molecular complexity index is 1060. The van der Waals surface area contributed by atoms with E-state index in [1.807, 2.05) is 0 Å². The fraction of sp³-hybridized carbons (Fsp3) is 0.381. The summed E-state index contributed by atoms with van der Waals surface area (Å²) in [5, 5.41) is 2.44. The van der Waals surface area contributed by atoms with Crippen LogP contribution in [0.25, 0.3) is 0 Å². The highest BCUT2D eigenvalue weighted by Gasteiger charge is 2.61. The van der Waals surface area contributed by atoms with Crippen LogP contribution in [0.2, 0.25) is 0 Å². The molecule has 11 heteroatoms. The molecule has 7 nitrogen and oxygen atoms in total. The Kier molecular flexibility index (Phi) is 6.14. The fourth-order valence-corrected chi connectivity index (χ4v) is 3.74. The Labute approximate surface area is 180 Å². The van der Waals surface area contributed by atoms with Gasteiger partial charge in [0.2, 0.25) is 0 Å². The monoisotopic (exact) mass is 455 g/mol. The van der Waals surface area contributed by atoms with E-state index in [2.05, 4.69) is 10.3 Å². The Balaban J connectivity index is 2.01. The third kappa shape index (κ3) is 4.24. The molecular formula is C21H21F4N3O4. The van der Waals surface area contributed by atoms with Gasteiger partial charge < -0.3 is 20.5 Å². The number of hydrogen-bond donors (Lipinski definition) is 2. The zero-order valence-electron chi connectivity index (χ0n) is 17.4. The molecule has 1 aromatic heterocycles. The van der Waals surface area contributed by atoms with Crippen molar-refractivity contribution in [3.05, 3.63) is 53.1 Å². The molecular weight excluding hydrogens is 434 g/mol. The second kappa shape index (κ2) is 8.38. The number of pyridine rings is 1. The van der Waals surface area contributed by atoms with Gasteiger partial charge in [0.15, 0.2) is 5.60 Å². The van der Waals surface area contributed by atoms with E-state index >= 15 is 0 Å². The van der Waals surface area contributed by atoms with Gasteiger partial charge in [0.1, 0.15) is 23.4 Å². The van der Waals surface area contributed by atoms with Crippen LogP contribution in [0, 0.1) is 12.7 Å². The number of primary amides is 1. The number of amides is 2. The average molecular weight is 455 g/mol. The van der Waals surface area contributed by atoms with Crippen molar-refractivity contribution in [2.75, 3.05) is 12.4 Å². The molecule has 0 spiro atoms. The molecule has 1 fully saturated rings. The van der Waals surface area contributed by atoms with Gasteiger partial charge in [-0.1, -0.05) is 6.07 Å². The quantitative estimate of drug-likeness (QED) is 0.672. The van der Waals surface area contributed by atoms with Gasteiger partial charge in [0.05, 0.1) is 7.11 Å². The maximum Gasteiger partial charge on any atom is 0.417 e. The van der Waals surface area contributed by atoms with Gasteiger partial charge in [-0.25, -0.2) is 4.39 Å². The second-order valence-electron chi connectivity index (χ2n) is 7.66. The first-order chi connectivity index (χ1) is 14.9. The molecule has 2 heterocycles. The summed E-state index contributed by atoms with van der Waals surface area (Å²) in [5.41, 5.74) is 2.83. The van der Waals surface area contributed by atoms with Crippen LogP contribution in [-0.4, -0.2) is 41.8 Å². The topological polar surface area (TPSA) is 104 Å². The second-order valence-corrected chi connectivity index (χ2v) is 7.66. The van der Waals surface area contributed by atoms with Crippen LogP contribution in [-0.2, 0) is 9.53 Å². The van der Waals surface area contributed by atoms with Gasteiger partial charge in [0, 0.05) is 28.9 Å². The standard InChI is InChI=1S/C21H21F4N3O4/c1-10-14(22)5-4-12(16(10)31-3)13-9-20(2,21(23,24)25)32-17(13)19(30)28-11-6-7-27-15(8-11)18(26)29/h4-8,13,17H,9H2,1-3H3,(H2,26,29)(H,27,28,30)/t13-,17-,20-/m0/s1. The van der Waals surface area contributed by atoms with E-state index < -0.39 is 47.9 Å². The molecule has 0 aliphatic carbocycles. The van der Waals surface area contributed by atoms with Crippen LogP contribution in [0.5, 0.6) is 5.75 Å². The van der Waals surface area contributed by atoms with Gasteiger partial charge >= 0.3 is 6.18 Å². The SMILES string of the molecule is COc1c([C@@H]2C[C@@](C)(C(F)(F)F)O[C@@H]2C(=O)Nc2ccnc(C(N)=O)c2)ccc(F)c1C. The number of methoxy groups -OCH3 is 1. The number of nitrogens with two attached hydrogens (primary N) is 1. The van der Waals surface area contributed by atoms with E-state index in [0.717, 1.165) is 13.0 Å². The molecule has 0 radical (unpaired) electrons. The molecule has 0 saturated carbocycles. The lowest BCUT2D eigenvalue weighted by atomic mass is 9.85. The number of hydrogen-bond acceptors (Lipinski definition) is 5. The highest BCUT2D eigenvalue weighted by Crippen LogP contribution is 2.51. The summed E-state index contributed by atoms with van der Waals surface area (Å²) in [4.78, 5) is 28.0. The zero-order valence-corrected chi connectivity index (χ0v) is 17.4. The number of carbonyl (C=O) groups excluding carboxylic acids is 2. The van der Waals surface area contributed by atoms with Crippen LogP contribution >= 0.6 is 0 Å². The molecule has 3 atom stereocenters. The lowest BCUT2D eigenvalue weighted by Crippen LogP contribution is -2.43. The van der Waals surface area contributed by atoms with E-state index in [0.29, 0.717) is 0 Å². The van der Waals surface area contributed by atoms with Gasteiger partial charge in [-0.05, 0) is 38.5 Å². The molecule has 1 saturated heterocycles. The summed E-state index contributed by atoms with van der Waals surface area (Å²) < 4.78 is 65.8. The number of benzene rings is 1. The van der Waals surface area contributed by atoms with Gasteiger partial charge in [-0.2, -0.15) is 13.2 Å². The largest absolute Gasteiger partial charge is 0.496 e. The van der Waals surface area contributed by atoms with E-state index in [1.54, 1.807) is 0 Å². The van der Waals surface area contributed by atoms with Crippen molar-refractivity contribution in [1.29, 1.82) is 0 Å². The smallest absolute Gasteiger partial charge is 0.417 e. The third-order valence-electron chi connectivity index (χ3n) is 5.47. The first-order valence-electron chi connectivity index (χ1n) is 9.52. The molecule has 1 aliphatic heterocycles. The van der Waals surface area contributed by atoms with E-state index in [-0.39, 0.29) is 28.3 Å². The van der Waals surface area contributed by atoms with E-state index in [9.17, 15) is 27.2 Å². The number of rotatable bonds is 5. The van der Waals surface area contributed by atoms with Gasteiger partial charge in [-0.15, -0.1) is 0 Å². The number of carbonyl (C=O) groups is 2. The van der Waals surface area contributed by atoms with E-state index in [1.165, 1.54) is 38.4 Å². The predicted molar refractivity (Wildman–Crippen MR) is 106 cm³/mol. The van der Waals surface area contributed by atoms with Crippen LogP contribution in [0.4, 0.5) is 23.2 Å². The predicted octanol–water partition coefficient (Wildman–Crippen LogP) is 3.47. The molecule has 0 bridgehead atoms.